The molecule has 0 radical (unpaired) electrons. The molecule has 4 N–H and O–H groups in total. The highest BCUT2D eigenvalue weighted by molar-refractivity contribution is 5.10. The van der Waals surface area contributed by atoms with Crippen molar-refractivity contribution in [2.24, 2.45) is 11.5 Å². The normalized spacial score (nSPS) is 15.2. The van der Waals surface area contributed by atoms with Crippen molar-refractivity contribution in [2.45, 2.75) is 19.4 Å². The van der Waals surface area contributed by atoms with Crippen LogP contribution < -0.4 is 11.5 Å². The van der Waals surface area contributed by atoms with Crippen LogP contribution in [0.1, 0.15) is 13.3 Å². The van der Waals surface area contributed by atoms with Crippen LogP contribution in [0.3, 0.4) is 0 Å². The van der Waals surface area contributed by atoms with Crippen molar-refractivity contribution in [1.29, 1.82) is 0 Å². The van der Waals surface area contributed by atoms with Gasteiger partial charge in [-0.1, -0.05) is 36.5 Å². The Kier molecular flexibility index (Phi) is 7.65. The Balaban J connectivity index is 3.49. The lowest BCUT2D eigenvalue weighted by atomic mass is 10.2. The molecule has 68 valence electrons. The van der Waals surface area contributed by atoms with Crippen LogP contribution in [0.2, 0.25) is 0 Å². The molecule has 1 unspecified atom stereocenters. The number of rotatable bonds is 5. The maximum absolute atomic E-state index is 5.60. The molecule has 0 rings (SSSR count). The summed E-state index contributed by atoms with van der Waals surface area (Å²) in [4.78, 5) is 0. The molecule has 0 aromatic heterocycles. The smallest absolute Gasteiger partial charge is 0.0198 e. The van der Waals surface area contributed by atoms with Gasteiger partial charge in [-0.25, -0.2) is 0 Å². The zero-order chi connectivity index (χ0) is 9.23. The van der Waals surface area contributed by atoms with Crippen molar-refractivity contribution >= 4 is 0 Å². The van der Waals surface area contributed by atoms with Crippen molar-refractivity contribution in [2.75, 3.05) is 6.54 Å². The van der Waals surface area contributed by atoms with E-state index in [1.165, 1.54) is 0 Å². The van der Waals surface area contributed by atoms with E-state index in [1.54, 1.807) is 0 Å². The second kappa shape index (κ2) is 8.24. The van der Waals surface area contributed by atoms with Crippen molar-refractivity contribution < 1.29 is 0 Å². The maximum atomic E-state index is 5.60. The first-order valence-electron chi connectivity index (χ1n) is 4.21. The average Bonchev–Trinajstić information content (AvgIpc) is 2.10. The Morgan fingerprint density at radius 2 is 1.83 bits per heavy atom. The summed E-state index contributed by atoms with van der Waals surface area (Å²) in [5.41, 5.74) is 10.9. The van der Waals surface area contributed by atoms with Gasteiger partial charge in [0.05, 0.1) is 0 Å². The first-order valence-corrected chi connectivity index (χ1v) is 4.21. The predicted octanol–water partition coefficient (Wildman–Crippen LogP) is 1.35. The summed E-state index contributed by atoms with van der Waals surface area (Å²) < 4.78 is 0. The van der Waals surface area contributed by atoms with Crippen molar-refractivity contribution in [3.8, 4) is 0 Å². The molecule has 0 bridgehead atoms. The lowest BCUT2D eigenvalue weighted by molar-refractivity contribution is 0.693. The Morgan fingerprint density at radius 3 is 2.42 bits per heavy atom. The van der Waals surface area contributed by atoms with Gasteiger partial charge in [0.25, 0.3) is 0 Å². The van der Waals surface area contributed by atoms with Gasteiger partial charge in [0, 0.05) is 12.6 Å². The summed E-state index contributed by atoms with van der Waals surface area (Å²) in [5, 5.41) is 0. The highest BCUT2D eigenvalue weighted by Gasteiger charge is 1.92. The SMILES string of the molecule is C\C=C/C=C\C=C\CC(N)CN. The van der Waals surface area contributed by atoms with Gasteiger partial charge >= 0.3 is 0 Å². The van der Waals surface area contributed by atoms with Gasteiger partial charge in [-0.3, -0.25) is 0 Å². The van der Waals surface area contributed by atoms with Crippen molar-refractivity contribution in [3.63, 3.8) is 0 Å². The number of allylic oxidation sites excluding steroid dienone is 5. The molecule has 0 saturated heterocycles. The van der Waals surface area contributed by atoms with E-state index in [1.807, 2.05) is 43.4 Å². The van der Waals surface area contributed by atoms with Crippen LogP contribution in [0, 0.1) is 0 Å². The van der Waals surface area contributed by atoms with Gasteiger partial charge in [0.2, 0.25) is 0 Å². The third kappa shape index (κ3) is 7.25. The van der Waals surface area contributed by atoms with Crippen LogP contribution in [-0.2, 0) is 0 Å². The molecule has 0 saturated carbocycles. The summed E-state index contributed by atoms with van der Waals surface area (Å²) in [7, 11) is 0. The van der Waals surface area contributed by atoms with Gasteiger partial charge < -0.3 is 11.5 Å². The van der Waals surface area contributed by atoms with E-state index in [2.05, 4.69) is 0 Å². The molecule has 0 fully saturated rings. The molecular formula is C10H18N2. The summed E-state index contributed by atoms with van der Waals surface area (Å²) >= 11 is 0. The van der Waals surface area contributed by atoms with E-state index in [9.17, 15) is 0 Å². The highest BCUT2D eigenvalue weighted by Crippen LogP contribution is 1.88. The summed E-state index contributed by atoms with van der Waals surface area (Å²) in [6.07, 6.45) is 12.8. The summed E-state index contributed by atoms with van der Waals surface area (Å²) in [6.45, 7) is 2.53. The molecule has 0 heterocycles. The van der Waals surface area contributed by atoms with Gasteiger partial charge in [-0.15, -0.1) is 0 Å². The van der Waals surface area contributed by atoms with Crippen molar-refractivity contribution in [3.05, 3.63) is 36.5 Å². The monoisotopic (exact) mass is 166 g/mol. The molecule has 0 spiro atoms. The van der Waals surface area contributed by atoms with E-state index < -0.39 is 0 Å². The minimum atomic E-state index is 0.0939. The third-order valence-electron chi connectivity index (χ3n) is 1.40. The summed E-state index contributed by atoms with van der Waals surface area (Å²) in [6, 6.07) is 0.0939. The first-order chi connectivity index (χ1) is 5.81. The first kappa shape index (κ1) is 11.1. The van der Waals surface area contributed by atoms with Crippen LogP contribution in [0.15, 0.2) is 36.5 Å². The van der Waals surface area contributed by atoms with E-state index in [-0.39, 0.29) is 6.04 Å². The zero-order valence-corrected chi connectivity index (χ0v) is 7.61. The Bertz CT molecular complexity index is 169. The number of hydrogen-bond donors (Lipinski definition) is 2. The lowest BCUT2D eigenvalue weighted by Crippen LogP contribution is -2.28. The van der Waals surface area contributed by atoms with Crippen LogP contribution in [-0.4, -0.2) is 12.6 Å². The fourth-order valence-corrected chi connectivity index (χ4v) is 0.668. The molecule has 0 aromatic rings. The van der Waals surface area contributed by atoms with E-state index in [0.717, 1.165) is 6.42 Å². The fraction of sp³-hybridized carbons (Fsp3) is 0.400. The van der Waals surface area contributed by atoms with E-state index in [0.29, 0.717) is 6.54 Å². The second-order valence-corrected chi connectivity index (χ2v) is 2.57. The zero-order valence-electron chi connectivity index (χ0n) is 7.61. The Morgan fingerprint density at radius 1 is 1.17 bits per heavy atom. The van der Waals surface area contributed by atoms with Gasteiger partial charge in [-0.05, 0) is 13.3 Å². The Labute approximate surface area is 74.6 Å². The number of nitrogens with two attached hydrogens (primary N) is 2. The fourth-order valence-electron chi connectivity index (χ4n) is 0.668. The van der Waals surface area contributed by atoms with Crippen LogP contribution in [0.5, 0.6) is 0 Å². The molecule has 0 aliphatic carbocycles. The van der Waals surface area contributed by atoms with Crippen LogP contribution in [0.25, 0.3) is 0 Å². The maximum Gasteiger partial charge on any atom is 0.0198 e. The molecule has 2 nitrogen and oxygen atoms in total. The quantitative estimate of drug-likeness (QED) is 0.606. The second-order valence-electron chi connectivity index (χ2n) is 2.57. The predicted molar refractivity (Wildman–Crippen MR) is 54.7 cm³/mol. The third-order valence-corrected chi connectivity index (χ3v) is 1.40. The molecule has 2 heteroatoms. The average molecular weight is 166 g/mol. The lowest BCUT2D eigenvalue weighted by Gasteiger charge is -2.01. The molecule has 0 aliphatic heterocycles. The van der Waals surface area contributed by atoms with Crippen LogP contribution >= 0.6 is 0 Å². The van der Waals surface area contributed by atoms with Gasteiger partial charge in [0.1, 0.15) is 0 Å². The molecule has 12 heavy (non-hydrogen) atoms. The minimum absolute atomic E-state index is 0.0939. The minimum Gasteiger partial charge on any atom is -0.329 e. The summed E-state index contributed by atoms with van der Waals surface area (Å²) in [5.74, 6) is 0. The van der Waals surface area contributed by atoms with Gasteiger partial charge in [0.15, 0.2) is 0 Å². The standard InChI is InChI=1S/C10H18N2/c1-2-3-4-5-6-7-8-10(12)9-11/h2-7,10H,8-9,11-12H2,1H3/b3-2-,5-4-,7-6+. The van der Waals surface area contributed by atoms with Crippen molar-refractivity contribution in [1.82, 2.24) is 0 Å². The molecular weight excluding hydrogens is 148 g/mol. The molecule has 0 aliphatic rings. The molecule has 1 atom stereocenters. The van der Waals surface area contributed by atoms with Gasteiger partial charge in [-0.2, -0.15) is 0 Å². The molecule has 0 aromatic carbocycles. The van der Waals surface area contributed by atoms with E-state index >= 15 is 0 Å². The number of hydrogen-bond acceptors (Lipinski definition) is 2. The molecule has 0 amide bonds. The Hall–Kier alpha value is -0.860. The highest BCUT2D eigenvalue weighted by atomic mass is 14.7. The van der Waals surface area contributed by atoms with Crippen LogP contribution in [0.4, 0.5) is 0 Å². The topological polar surface area (TPSA) is 52.0 Å². The van der Waals surface area contributed by atoms with E-state index in [4.69, 9.17) is 11.5 Å². The largest absolute Gasteiger partial charge is 0.329 e.